The summed E-state index contributed by atoms with van der Waals surface area (Å²) in [7, 11) is 0. The highest BCUT2D eigenvalue weighted by Crippen LogP contribution is 2.26. The molecule has 0 unspecified atom stereocenters. The van der Waals surface area contributed by atoms with Gasteiger partial charge in [-0.1, -0.05) is 36.3 Å². The van der Waals surface area contributed by atoms with E-state index >= 15 is 0 Å². The number of hydrogen-bond acceptors (Lipinski definition) is 1. The van der Waals surface area contributed by atoms with Crippen molar-refractivity contribution in [3.63, 3.8) is 0 Å². The van der Waals surface area contributed by atoms with Gasteiger partial charge in [0.2, 0.25) is 0 Å². The summed E-state index contributed by atoms with van der Waals surface area (Å²) >= 11 is 2.28. The third-order valence-corrected chi connectivity index (χ3v) is 3.70. The minimum absolute atomic E-state index is 0.737. The van der Waals surface area contributed by atoms with E-state index in [0.717, 1.165) is 25.9 Å². The molecule has 1 aromatic heterocycles. The van der Waals surface area contributed by atoms with E-state index in [4.69, 9.17) is 4.42 Å². The summed E-state index contributed by atoms with van der Waals surface area (Å²) < 4.78 is 6.82. The smallest absolute Gasteiger partial charge is 0.191 e. The zero-order valence-corrected chi connectivity index (χ0v) is 11.6. The van der Waals surface area contributed by atoms with Gasteiger partial charge >= 0.3 is 0 Å². The van der Waals surface area contributed by atoms with Crippen LogP contribution in [0.2, 0.25) is 0 Å². The number of furan rings is 1. The lowest BCUT2D eigenvalue weighted by atomic mass is 10.2. The van der Waals surface area contributed by atoms with E-state index in [2.05, 4.69) is 34.4 Å². The van der Waals surface area contributed by atoms with Crippen molar-refractivity contribution in [3.05, 3.63) is 69.5 Å². The molecular weight excluding hydrogens is 335 g/mol. The highest BCUT2D eigenvalue weighted by Gasteiger charge is 2.08. The Morgan fingerprint density at radius 2 is 1.56 bits per heavy atom. The number of para-hydroxylation sites is 1. The van der Waals surface area contributed by atoms with Crippen molar-refractivity contribution in [2.24, 2.45) is 0 Å². The highest BCUT2D eigenvalue weighted by atomic mass is 127. The van der Waals surface area contributed by atoms with Gasteiger partial charge in [0.25, 0.3) is 0 Å². The molecule has 0 N–H and O–H groups in total. The fourth-order valence-corrected chi connectivity index (χ4v) is 2.44. The Bertz CT molecular complexity index is 745. The molecule has 2 aromatic carbocycles. The van der Waals surface area contributed by atoms with Crippen LogP contribution in [-0.2, 0) is 0 Å². The van der Waals surface area contributed by atoms with Crippen LogP contribution in [0.4, 0.5) is 0 Å². The average molecular weight is 344 g/mol. The maximum absolute atomic E-state index is 5.74. The molecule has 18 heavy (non-hydrogen) atoms. The Balaban J connectivity index is 2.06. The summed E-state index contributed by atoms with van der Waals surface area (Å²) in [5, 5.41) is 1.12. The summed E-state index contributed by atoms with van der Waals surface area (Å²) in [6.45, 7) is 0. The van der Waals surface area contributed by atoms with Gasteiger partial charge in [0.1, 0.15) is 5.58 Å². The summed E-state index contributed by atoms with van der Waals surface area (Å²) in [5.41, 5.74) is 1.88. The number of fused-ring (bicyclic) bond motifs is 1. The van der Waals surface area contributed by atoms with Crippen LogP contribution in [0.15, 0.2) is 59.0 Å². The standard InChI is InChI=1S/C16H9IO/c17-16-13-8-4-5-9-14(13)18-15(16)11-10-12-6-2-1-3-7-12/h1-9H. The number of benzene rings is 2. The van der Waals surface area contributed by atoms with Crippen LogP contribution in [0, 0.1) is 15.4 Å². The molecule has 0 saturated carbocycles. The Morgan fingerprint density at radius 1 is 0.833 bits per heavy atom. The van der Waals surface area contributed by atoms with Crippen LogP contribution in [0.1, 0.15) is 11.3 Å². The number of halogens is 1. The average Bonchev–Trinajstić information content (AvgIpc) is 2.75. The molecule has 2 heteroatoms. The molecule has 86 valence electrons. The molecule has 0 amide bonds. The van der Waals surface area contributed by atoms with E-state index in [9.17, 15) is 0 Å². The predicted octanol–water partition coefficient (Wildman–Crippen LogP) is 4.44. The fourth-order valence-electron chi connectivity index (χ4n) is 1.74. The number of rotatable bonds is 0. The quantitative estimate of drug-likeness (QED) is 0.434. The highest BCUT2D eigenvalue weighted by molar-refractivity contribution is 14.1. The minimum Gasteiger partial charge on any atom is -0.447 e. The molecule has 0 radical (unpaired) electrons. The summed E-state index contributed by atoms with van der Waals surface area (Å²) in [6.07, 6.45) is 0. The minimum atomic E-state index is 0.737. The molecule has 0 fully saturated rings. The zero-order valence-electron chi connectivity index (χ0n) is 9.48. The van der Waals surface area contributed by atoms with Crippen LogP contribution >= 0.6 is 22.6 Å². The van der Waals surface area contributed by atoms with Crippen LogP contribution in [-0.4, -0.2) is 0 Å². The first-order chi connectivity index (χ1) is 8.84. The van der Waals surface area contributed by atoms with Crippen molar-refractivity contribution in [1.82, 2.24) is 0 Å². The lowest BCUT2D eigenvalue weighted by Crippen LogP contribution is -1.74. The summed E-state index contributed by atoms with van der Waals surface area (Å²) in [4.78, 5) is 0. The lowest BCUT2D eigenvalue weighted by Gasteiger charge is -1.86. The van der Waals surface area contributed by atoms with Gasteiger partial charge in [0.15, 0.2) is 5.76 Å². The predicted molar refractivity (Wildman–Crippen MR) is 81.4 cm³/mol. The maximum atomic E-state index is 5.74. The largest absolute Gasteiger partial charge is 0.447 e. The van der Waals surface area contributed by atoms with Gasteiger partial charge in [-0.05, 0) is 52.8 Å². The Kier molecular flexibility index (Phi) is 3.07. The van der Waals surface area contributed by atoms with E-state index in [1.54, 1.807) is 0 Å². The zero-order chi connectivity index (χ0) is 12.4. The topological polar surface area (TPSA) is 13.1 Å². The van der Waals surface area contributed by atoms with Gasteiger partial charge in [0, 0.05) is 10.9 Å². The molecule has 0 aliphatic heterocycles. The van der Waals surface area contributed by atoms with Crippen LogP contribution in [0.5, 0.6) is 0 Å². The second-order valence-electron chi connectivity index (χ2n) is 3.86. The second-order valence-corrected chi connectivity index (χ2v) is 4.94. The molecule has 1 heterocycles. The maximum Gasteiger partial charge on any atom is 0.191 e. The number of hydrogen-bond donors (Lipinski definition) is 0. The van der Waals surface area contributed by atoms with Gasteiger partial charge < -0.3 is 4.42 Å². The van der Waals surface area contributed by atoms with Crippen LogP contribution in [0.3, 0.4) is 0 Å². The molecule has 0 spiro atoms. The van der Waals surface area contributed by atoms with Crippen molar-refractivity contribution in [2.45, 2.75) is 0 Å². The molecule has 0 aliphatic rings. The molecule has 0 aliphatic carbocycles. The molecule has 0 bridgehead atoms. The normalized spacial score (nSPS) is 10.1. The van der Waals surface area contributed by atoms with E-state index in [1.165, 1.54) is 0 Å². The Hall–Kier alpha value is -1.73. The first-order valence-electron chi connectivity index (χ1n) is 5.59. The first kappa shape index (κ1) is 11.4. The summed E-state index contributed by atoms with van der Waals surface area (Å²) in [5.74, 6) is 6.95. The van der Waals surface area contributed by atoms with Crippen LogP contribution in [0.25, 0.3) is 11.0 Å². The molecule has 1 nitrogen and oxygen atoms in total. The third kappa shape index (κ3) is 2.14. The second kappa shape index (κ2) is 4.87. The molecule has 3 rings (SSSR count). The van der Waals surface area contributed by atoms with E-state index in [1.807, 2.05) is 54.6 Å². The Morgan fingerprint density at radius 3 is 2.33 bits per heavy atom. The molecular formula is C16H9IO. The SMILES string of the molecule is Ic1c(C#Cc2ccccc2)oc2ccccc12. The van der Waals surface area contributed by atoms with Gasteiger partial charge in [-0.2, -0.15) is 0 Å². The van der Waals surface area contributed by atoms with Crippen molar-refractivity contribution in [2.75, 3.05) is 0 Å². The van der Waals surface area contributed by atoms with Gasteiger partial charge in [-0.15, -0.1) is 0 Å². The lowest BCUT2D eigenvalue weighted by molar-refractivity contribution is 0.599. The van der Waals surface area contributed by atoms with Gasteiger partial charge in [0.05, 0.1) is 3.57 Å². The first-order valence-corrected chi connectivity index (χ1v) is 6.66. The van der Waals surface area contributed by atoms with Crippen molar-refractivity contribution in [1.29, 1.82) is 0 Å². The third-order valence-electron chi connectivity index (χ3n) is 2.63. The van der Waals surface area contributed by atoms with Crippen LogP contribution < -0.4 is 0 Å². The fraction of sp³-hybridized carbons (Fsp3) is 0. The van der Waals surface area contributed by atoms with Crippen molar-refractivity contribution < 1.29 is 4.42 Å². The summed E-state index contributed by atoms with van der Waals surface area (Å²) in [6, 6.07) is 17.9. The Labute approximate surface area is 119 Å². The van der Waals surface area contributed by atoms with Gasteiger partial charge in [-0.25, -0.2) is 0 Å². The van der Waals surface area contributed by atoms with E-state index < -0.39 is 0 Å². The molecule has 0 atom stereocenters. The van der Waals surface area contributed by atoms with E-state index in [0.29, 0.717) is 0 Å². The molecule has 0 saturated heterocycles. The van der Waals surface area contributed by atoms with Gasteiger partial charge in [-0.3, -0.25) is 0 Å². The van der Waals surface area contributed by atoms with E-state index in [-0.39, 0.29) is 0 Å². The molecule has 3 aromatic rings. The van der Waals surface area contributed by atoms with Crippen molar-refractivity contribution in [3.8, 4) is 11.8 Å². The monoisotopic (exact) mass is 344 g/mol. The van der Waals surface area contributed by atoms with Crippen molar-refractivity contribution >= 4 is 33.6 Å².